The molecule has 1 N–H and O–H groups in total. The summed E-state index contributed by atoms with van der Waals surface area (Å²) in [7, 11) is 1.57. The summed E-state index contributed by atoms with van der Waals surface area (Å²) >= 11 is 3.42. The van der Waals surface area contributed by atoms with E-state index in [-0.39, 0.29) is 12.7 Å². The monoisotopic (exact) mass is 376 g/mol. The van der Waals surface area contributed by atoms with Gasteiger partial charge in [0.1, 0.15) is 5.75 Å². The minimum absolute atomic E-state index is 0.205. The fourth-order valence-electron chi connectivity index (χ4n) is 2.00. The molecule has 2 aromatic carbocycles. The van der Waals surface area contributed by atoms with Crippen molar-refractivity contribution in [1.82, 2.24) is 5.43 Å². The van der Waals surface area contributed by atoms with Crippen molar-refractivity contribution in [2.75, 3.05) is 13.9 Å². The molecule has 1 aliphatic rings. The first kappa shape index (κ1) is 15.4. The van der Waals surface area contributed by atoms with E-state index >= 15 is 0 Å². The zero-order valence-electron chi connectivity index (χ0n) is 12.2. The van der Waals surface area contributed by atoms with Gasteiger partial charge in [-0.2, -0.15) is 5.10 Å². The number of hydrogen-bond acceptors (Lipinski definition) is 5. The van der Waals surface area contributed by atoms with E-state index in [2.05, 4.69) is 26.5 Å². The van der Waals surface area contributed by atoms with Crippen LogP contribution in [0.2, 0.25) is 0 Å². The van der Waals surface area contributed by atoms with Crippen LogP contribution in [0, 0.1) is 0 Å². The maximum Gasteiger partial charge on any atom is 0.271 e. The van der Waals surface area contributed by atoms with Crippen molar-refractivity contribution < 1.29 is 19.0 Å². The fourth-order valence-corrected chi connectivity index (χ4v) is 2.42. The Labute approximate surface area is 141 Å². The normalized spacial score (nSPS) is 12.4. The molecule has 0 aromatic heterocycles. The summed E-state index contributed by atoms with van der Waals surface area (Å²) in [5.41, 5.74) is 3.74. The highest BCUT2D eigenvalue weighted by Crippen LogP contribution is 2.36. The summed E-state index contributed by atoms with van der Waals surface area (Å²) in [6.45, 7) is 0.205. The first-order valence-electron chi connectivity index (χ1n) is 6.74. The number of benzene rings is 2. The van der Waals surface area contributed by atoms with Crippen LogP contribution in [0.15, 0.2) is 46.0 Å². The van der Waals surface area contributed by atoms with Crippen LogP contribution in [0.4, 0.5) is 0 Å². The summed E-state index contributed by atoms with van der Waals surface area (Å²) < 4.78 is 16.4. The lowest BCUT2D eigenvalue weighted by molar-refractivity contribution is 0.0955. The number of hydrogen-bond donors (Lipinski definition) is 1. The molecule has 1 heterocycles. The molecule has 0 radical (unpaired) electrons. The average Bonchev–Trinajstić information content (AvgIpc) is 3.02. The molecule has 7 heteroatoms. The fraction of sp³-hybridized carbons (Fsp3) is 0.125. The standard InChI is InChI=1S/C16H13BrN2O4/c1-21-12-4-2-10(3-5-12)16(20)19-18-8-11-6-14-15(7-13(11)17)23-9-22-14/h2-8H,9H2,1H3,(H,19,20). The molecule has 23 heavy (non-hydrogen) atoms. The van der Waals surface area contributed by atoms with E-state index in [0.717, 1.165) is 10.0 Å². The molecule has 2 aromatic rings. The minimum atomic E-state index is -0.305. The second kappa shape index (κ2) is 6.70. The molecule has 1 amide bonds. The van der Waals surface area contributed by atoms with Crippen molar-refractivity contribution in [2.45, 2.75) is 0 Å². The SMILES string of the molecule is COc1ccc(C(=O)NN=Cc2cc3c(cc2Br)OCO3)cc1. The van der Waals surface area contributed by atoms with Crippen LogP contribution >= 0.6 is 15.9 Å². The van der Waals surface area contributed by atoms with Crippen LogP contribution in [0.3, 0.4) is 0 Å². The summed E-state index contributed by atoms with van der Waals surface area (Å²) in [6.07, 6.45) is 1.54. The minimum Gasteiger partial charge on any atom is -0.497 e. The lowest BCUT2D eigenvalue weighted by atomic mass is 10.2. The van der Waals surface area contributed by atoms with Gasteiger partial charge in [0.25, 0.3) is 5.91 Å². The third-order valence-corrected chi connectivity index (χ3v) is 3.90. The smallest absolute Gasteiger partial charge is 0.271 e. The molecule has 0 saturated carbocycles. The molecule has 0 atom stereocenters. The highest BCUT2D eigenvalue weighted by Gasteiger charge is 2.15. The van der Waals surface area contributed by atoms with Gasteiger partial charge in [-0.1, -0.05) is 0 Å². The van der Waals surface area contributed by atoms with Gasteiger partial charge in [0, 0.05) is 15.6 Å². The third kappa shape index (κ3) is 3.45. The number of rotatable bonds is 4. The molecule has 6 nitrogen and oxygen atoms in total. The van der Waals surface area contributed by atoms with Gasteiger partial charge in [-0.3, -0.25) is 4.79 Å². The van der Waals surface area contributed by atoms with Crippen molar-refractivity contribution in [2.24, 2.45) is 5.10 Å². The van der Waals surface area contributed by atoms with E-state index in [4.69, 9.17) is 14.2 Å². The predicted octanol–water partition coefficient (Wildman–Crippen LogP) is 2.95. The van der Waals surface area contributed by atoms with Crippen LogP contribution in [0.5, 0.6) is 17.2 Å². The lowest BCUT2D eigenvalue weighted by Crippen LogP contribution is -2.17. The molecular formula is C16H13BrN2O4. The van der Waals surface area contributed by atoms with Gasteiger partial charge < -0.3 is 14.2 Å². The summed E-state index contributed by atoms with van der Waals surface area (Å²) in [4.78, 5) is 12.0. The zero-order chi connectivity index (χ0) is 16.2. The Morgan fingerprint density at radius 1 is 1.26 bits per heavy atom. The number of nitrogens with one attached hydrogen (secondary N) is 1. The lowest BCUT2D eigenvalue weighted by Gasteiger charge is -2.03. The van der Waals surface area contributed by atoms with Gasteiger partial charge in [-0.05, 0) is 52.3 Å². The van der Waals surface area contributed by atoms with Crippen LogP contribution in [-0.4, -0.2) is 26.0 Å². The molecule has 0 bridgehead atoms. The van der Waals surface area contributed by atoms with Crippen molar-refractivity contribution >= 4 is 28.1 Å². The second-order valence-corrected chi connectivity index (χ2v) is 5.51. The number of carbonyl (C=O) groups excluding carboxylic acids is 1. The number of nitrogens with zero attached hydrogens (tertiary/aromatic N) is 1. The first-order chi connectivity index (χ1) is 11.2. The second-order valence-electron chi connectivity index (χ2n) is 4.65. The van der Waals surface area contributed by atoms with Crippen LogP contribution in [-0.2, 0) is 0 Å². The van der Waals surface area contributed by atoms with Gasteiger partial charge in [-0.15, -0.1) is 0 Å². The van der Waals surface area contributed by atoms with E-state index < -0.39 is 0 Å². The third-order valence-electron chi connectivity index (χ3n) is 3.21. The number of carbonyl (C=O) groups is 1. The number of methoxy groups -OCH3 is 1. The molecule has 3 rings (SSSR count). The Morgan fingerprint density at radius 2 is 1.96 bits per heavy atom. The Bertz CT molecular complexity index is 759. The topological polar surface area (TPSA) is 69.2 Å². The van der Waals surface area contributed by atoms with Crippen LogP contribution in [0.25, 0.3) is 0 Å². The largest absolute Gasteiger partial charge is 0.497 e. The number of amides is 1. The average molecular weight is 377 g/mol. The van der Waals surface area contributed by atoms with Crippen molar-refractivity contribution in [3.63, 3.8) is 0 Å². The quantitative estimate of drug-likeness (QED) is 0.657. The first-order valence-corrected chi connectivity index (χ1v) is 7.53. The maximum atomic E-state index is 12.0. The maximum absolute atomic E-state index is 12.0. The number of fused-ring (bicyclic) bond motifs is 1. The molecule has 0 spiro atoms. The Balaban J connectivity index is 1.67. The van der Waals surface area contributed by atoms with E-state index in [0.29, 0.717) is 22.8 Å². The predicted molar refractivity (Wildman–Crippen MR) is 88.3 cm³/mol. The van der Waals surface area contributed by atoms with Crippen molar-refractivity contribution in [3.05, 3.63) is 52.0 Å². The van der Waals surface area contributed by atoms with Crippen molar-refractivity contribution in [3.8, 4) is 17.2 Å². The molecular weight excluding hydrogens is 364 g/mol. The highest BCUT2D eigenvalue weighted by atomic mass is 79.9. The molecule has 0 fully saturated rings. The van der Waals surface area contributed by atoms with E-state index in [9.17, 15) is 4.79 Å². The van der Waals surface area contributed by atoms with Gasteiger partial charge >= 0.3 is 0 Å². The molecule has 1 aliphatic heterocycles. The highest BCUT2D eigenvalue weighted by molar-refractivity contribution is 9.10. The summed E-state index contributed by atoms with van der Waals surface area (Å²) in [6, 6.07) is 10.4. The van der Waals surface area contributed by atoms with E-state index in [1.54, 1.807) is 43.5 Å². The van der Waals surface area contributed by atoms with Crippen molar-refractivity contribution in [1.29, 1.82) is 0 Å². The number of halogens is 1. The molecule has 118 valence electrons. The van der Waals surface area contributed by atoms with E-state index in [1.165, 1.54) is 6.21 Å². The summed E-state index contributed by atoms with van der Waals surface area (Å²) in [5.74, 6) is 1.71. The number of hydrazone groups is 1. The van der Waals surface area contributed by atoms with Gasteiger partial charge in [0.05, 0.1) is 13.3 Å². The van der Waals surface area contributed by atoms with Crippen LogP contribution < -0.4 is 19.6 Å². The molecule has 0 aliphatic carbocycles. The van der Waals surface area contributed by atoms with E-state index in [1.807, 2.05) is 0 Å². The zero-order valence-corrected chi connectivity index (χ0v) is 13.8. The molecule has 0 unspecified atom stereocenters. The van der Waals surface area contributed by atoms with Gasteiger partial charge in [0.15, 0.2) is 11.5 Å². The Morgan fingerprint density at radius 3 is 2.65 bits per heavy atom. The summed E-state index contributed by atoms with van der Waals surface area (Å²) in [5, 5.41) is 3.96. The Kier molecular flexibility index (Phi) is 4.47. The van der Waals surface area contributed by atoms with Gasteiger partial charge in [-0.25, -0.2) is 5.43 Å². The molecule has 0 saturated heterocycles. The van der Waals surface area contributed by atoms with Gasteiger partial charge in [0.2, 0.25) is 6.79 Å². The number of ether oxygens (including phenoxy) is 3. The Hall–Kier alpha value is -2.54. The van der Waals surface area contributed by atoms with Crippen LogP contribution in [0.1, 0.15) is 15.9 Å².